The Bertz CT molecular complexity index is 828. The van der Waals surface area contributed by atoms with Gasteiger partial charge in [0.05, 0.1) is 26.3 Å². The van der Waals surface area contributed by atoms with Crippen LogP contribution in [-0.2, 0) is 16.0 Å². The van der Waals surface area contributed by atoms with Gasteiger partial charge in [-0.1, -0.05) is 0 Å². The highest BCUT2D eigenvalue weighted by molar-refractivity contribution is 7.13. The maximum absolute atomic E-state index is 12.5. The van der Waals surface area contributed by atoms with Crippen LogP contribution in [0.15, 0.2) is 23.6 Å². The Labute approximate surface area is 162 Å². The summed E-state index contributed by atoms with van der Waals surface area (Å²) in [4.78, 5) is 30.1. The fourth-order valence-corrected chi connectivity index (χ4v) is 3.99. The number of rotatable bonds is 6. The molecule has 0 atom stereocenters. The first-order valence-electron chi connectivity index (χ1n) is 8.75. The Morgan fingerprint density at radius 2 is 1.93 bits per heavy atom. The van der Waals surface area contributed by atoms with E-state index in [9.17, 15) is 9.59 Å². The van der Waals surface area contributed by atoms with Crippen molar-refractivity contribution in [2.75, 3.05) is 27.3 Å². The van der Waals surface area contributed by atoms with E-state index >= 15 is 0 Å². The number of amides is 2. The van der Waals surface area contributed by atoms with Crippen LogP contribution < -0.4 is 15.2 Å². The molecule has 0 saturated carbocycles. The number of benzene rings is 1. The Morgan fingerprint density at radius 3 is 2.56 bits per heavy atom. The Kier molecular flexibility index (Phi) is 5.95. The van der Waals surface area contributed by atoms with Gasteiger partial charge in [-0.05, 0) is 31.0 Å². The summed E-state index contributed by atoms with van der Waals surface area (Å²) in [6.45, 7) is 1.14. The third-order valence-electron chi connectivity index (χ3n) is 4.76. The van der Waals surface area contributed by atoms with Gasteiger partial charge in [-0.2, -0.15) is 0 Å². The Morgan fingerprint density at radius 1 is 1.22 bits per heavy atom. The molecular weight excluding hydrogens is 366 g/mol. The number of piperidine rings is 1. The first kappa shape index (κ1) is 19.2. The highest BCUT2D eigenvalue weighted by Crippen LogP contribution is 2.33. The molecule has 7 nitrogen and oxygen atoms in total. The smallest absolute Gasteiger partial charge is 0.228 e. The van der Waals surface area contributed by atoms with Crippen LogP contribution in [0.2, 0.25) is 0 Å². The molecule has 1 aromatic heterocycles. The molecule has 0 unspecified atom stereocenters. The van der Waals surface area contributed by atoms with Gasteiger partial charge in [0.25, 0.3) is 0 Å². The molecule has 1 aliphatic heterocycles. The zero-order valence-corrected chi connectivity index (χ0v) is 16.3. The molecule has 1 fully saturated rings. The standard InChI is InChI=1S/C19H23N3O4S/c1-25-15-4-3-13(9-16(15)26-2)19-21-14(11-27-19)10-17(23)22-7-5-12(6-8-22)18(20)24/h3-4,9,11-12H,5-8,10H2,1-2H3,(H2,20,24). The molecule has 2 aromatic rings. The molecule has 0 aliphatic carbocycles. The summed E-state index contributed by atoms with van der Waals surface area (Å²) in [5.41, 5.74) is 7.00. The van der Waals surface area contributed by atoms with E-state index in [0.29, 0.717) is 37.4 Å². The van der Waals surface area contributed by atoms with Crippen molar-refractivity contribution in [2.45, 2.75) is 19.3 Å². The van der Waals surface area contributed by atoms with Crippen molar-refractivity contribution in [3.8, 4) is 22.1 Å². The lowest BCUT2D eigenvalue weighted by molar-refractivity contribution is -0.134. The van der Waals surface area contributed by atoms with E-state index in [0.717, 1.165) is 16.3 Å². The SMILES string of the molecule is COc1ccc(-c2nc(CC(=O)N3CCC(C(N)=O)CC3)cs2)cc1OC. The predicted molar refractivity (Wildman–Crippen MR) is 103 cm³/mol. The lowest BCUT2D eigenvalue weighted by atomic mass is 9.96. The maximum Gasteiger partial charge on any atom is 0.228 e. The molecule has 27 heavy (non-hydrogen) atoms. The Balaban J connectivity index is 1.64. The number of aromatic nitrogens is 1. The number of primary amides is 1. The number of hydrogen-bond acceptors (Lipinski definition) is 6. The minimum Gasteiger partial charge on any atom is -0.493 e. The van der Waals surface area contributed by atoms with Crippen LogP contribution in [0.5, 0.6) is 11.5 Å². The van der Waals surface area contributed by atoms with Gasteiger partial charge < -0.3 is 20.1 Å². The normalized spacial score (nSPS) is 14.8. The number of carbonyl (C=O) groups excluding carboxylic acids is 2. The van der Waals surface area contributed by atoms with E-state index in [-0.39, 0.29) is 24.2 Å². The molecule has 3 rings (SSSR count). The quantitative estimate of drug-likeness (QED) is 0.816. The third-order valence-corrected chi connectivity index (χ3v) is 5.70. The van der Waals surface area contributed by atoms with Crippen LogP contribution in [-0.4, -0.2) is 49.0 Å². The molecule has 1 aromatic carbocycles. The molecule has 0 spiro atoms. The molecule has 1 aliphatic rings. The van der Waals surface area contributed by atoms with E-state index < -0.39 is 0 Å². The highest BCUT2D eigenvalue weighted by Gasteiger charge is 2.26. The zero-order valence-electron chi connectivity index (χ0n) is 15.4. The van der Waals surface area contributed by atoms with Crippen molar-refractivity contribution in [1.82, 2.24) is 9.88 Å². The van der Waals surface area contributed by atoms with Crippen molar-refractivity contribution in [3.05, 3.63) is 29.3 Å². The molecule has 2 heterocycles. The van der Waals surface area contributed by atoms with Gasteiger partial charge in [0.15, 0.2) is 11.5 Å². The summed E-state index contributed by atoms with van der Waals surface area (Å²) in [5, 5.41) is 2.73. The molecule has 0 radical (unpaired) electrons. The lowest BCUT2D eigenvalue weighted by Gasteiger charge is -2.30. The second-order valence-electron chi connectivity index (χ2n) is 6.45. The third kappa shape index (κ3) is 4.39. The first-order chi connectivity index (χ1) is 13.0. The van der Waals surface area contributed by atoms with E-state index in [4.69, 9.17) is 15.2 Å². The fourth-order valence-electron chi connectivity index (χ4n) is 3.17. The van der Waals surface area contributed by atoms with E-state index in [2.05, 4.69) is 4.98 Å². The van der Waals surface area contributed by atoms with Gasteiger partial charge in [0, 0.05) is 30.0 Å². The molecule has 0 bridgehead atoms. The van der Waals surface area contributed by atoms with Gasteiger partial charge >= 0.3 is 0 Å². The van der Waals surface area contributed by atoms with Crippen LogP contribution in [0.1, 0.15) is 18.5 Å². The second kappa shape index (κ2) is 8.39. The average molecular weight is 389 g/mol. The number of carbonyl (C=O) groups is 2. The average Bonchev–Trinajstić information content (AvgIpc) is 3.15. The van der Waals surface area contributed by atoms with E-state index in [1.165, 1.54) is 11.3 Å². The molecule has 8 heteroatoms. The predicted octanol–water partition coefficient (Wildman–Crippen LogP) is 2.09. The number of ether oxygens (including phenoxy) is 2. The number of methoxy groups -OCH3 is 2. The second-order valence-corrected chi connectivity index (χ2v) is 7.31. The minimum atomic E-state index is -0.277. The molecule has 144 valence electrons. The van der Waals surface area contributed by atoms with Crippen molar-refractivity contribution >= 4 is 23.2 Å². The number of thiazole rings is 1. The molecular formula is C19H23N3O4S. The van der Waals surface area contributed by atoms with Crippen molar-refractivity contribution in [1.29, 1.82) is 0 Å². The summed E-state index contributed by atoms with van der Waals surface area (Å²) in [5.74, 6) is 0.931. The van der Waals surface area contributed by atoms with Crippen LogP contribution >= 0.6 is 11.3 Å². The van der Waals surface area contributed by atoms with E-state index in [1.54, 1.807) is 19.1 Å². The van der Waals surface area contributed by atoms with Gasteiger partial charge in [0.1, 0.15) is 5.01 Å². The topological polar surface area (TPSA) is 94.8 Å². The van der Waals surface area contributed by atoms with Crippen LogP contribution in [0.25, 0.3) is 10.6 Å². The van der Waals surface area contributed by atoms with Crippen molar-refractivity contribution < 1.29 is 19.1 Å². The zero-order chi connectivity index (χ0) is 19.4. The minimum absolute atomic E-state index is 0.0297. The summed E-state index contributed by atoms with van der Waals surface area (Å²) < 4.78 is 10.6. The number of likely N-dealkylation sites (tertiary alicyclic amines) is 1. The molecule has 2 N–H and O–H groups in total. The number of nitrogens with zero attached hydrogens (tertiary/aromatic N) is 2. The van der Waals surface area contributed by atoms with Crippen LogP contribution in [0.3, 0.4) is 0 Å². The number of hydrogen-bond donors (Lipinski definition) is 1. The fraction of sp³-hybridized carbons (Fsp3) is 0.421. The largest absolute Gasteiger partial charge is 0.493 e. The van der Waals surface area contributed by atoms with Crippen LogP contribution in [0, 0.1) is 5.92 Å². The van der Waals surface area contributed by atoms with Gasteiger partial charge in [-0.15, -0.1) is 11.3 Å². The van der Waals surface area contributed by atoms with Crippen molar-refractivity contribution in [2.24, 2.45) is 11.7 Å². The summed E-state index contributed by atoms with van der Waals surface area (Å²) in [6, 6.07) is 5.63. The summed E-state index contributed by atoms with van der Waals surface area (Å²) in [7, 11) is 3.19. The van der Waals surface area contributed by atoms with E-state index in [1.807, 2.05) is 23.6 Å². The lowest BCUT2D eigenvalue weighted by Crippen LogP contribution is -2.42. The first-order valence-corrected chi connectivity index (χ1v) is 9.63. The monoisotopic (exact) mass is 389 g/mol. The Hall–Kier alpha value is -2.61. The summed E-state index contributed by atoms with van der Waals surface area (Å²) >= 11 is 1.49. The maximum atomic E-state index is 12.5. The summed E-state index contributed by atoms with van der Waals surface area (Å²) in [6.07, 6.45) is 1.52. The molecule has 1 saturated heterocycles. The van der Waals surface area contributed by atoms with Gasteiger partial charge in [-0.25, -0.2) is 4.98 Å². The van der Waals surface area contributed by atoms with Gasteiger partial charge in [0.2, 0.25) is 11.8 Å². The van der Waals surface area contributed by atoms with Crippen molar-refractivity contribution in [3.63, 3.8) is 0 Å². The highest BCUT2D eigenvalue weighted by atomic mass is 32.1. The molecule has 2 amide bonds. The van der Waals surface area contributed by atoms with Crippen LogP contribution in [0.4, 0.5) is 0 Å². The van der Waals surface area contributed by atoms with Gasteiger partial charge in [-0.3, -0.25) is 9.59 Å². The number of nitrogens with two attached hydrogens (primary N) is 1.